The summed E-state index contributed by atoms with van der Waals surface area (Å²) in [7, 11) is 1.28. The van der Waals surface area contributed by atoms with E-state index in [0.29, 0.717) is 5.92 Å². The fraction of sp³-hybridized carbons (Fsp3) is 0.636. The SMILES string of the molecule is COC(=O)C(=CC1CCCCC1)N=C=O. The lowest BCUT2D eigenvalue weighted by Crippen LogP contribution is -2.08. The molecule has 0 spiro atoms. The third-order valence-electron chi connectivity index (χ3n) is 2.60. The maximum absolute atomic E-state index is 11.2. The predicted molar refractivity (Wildman–Crippen MR) is 54.8 cm³/mol. The summed E-state index contributed by atoms with van der Waals surface area (Å²) in [4.78, 5) is 24.7. The number of nitrogens with zero attached hydrogens (tertiary/aromatic N) is 1. The Kier molecular flexibility index (Phi) is 4.78. The fourth-order valence-electron chi connectivity index (χ4n) is 1.83. The van der Waals surface area contributed by atoms with Crippen molar-refractivity contribution < 1.29 is 14.3 Å². The van der Waals surface area contributed by atoms with Crippen LogP contribution in [0.5, 0.6) is 0 Å². The lowest BCUT2D eigenvalue weighted by molar-refractivity contribution is -0.136. The minimum atomic E-state index is -0.566. The van der Waals surface area contributed by atoms with Crippen molar-refractivity contribution in [1.29, 1.82) is 0 Å². The molecule has 0 aromatic carbocycles. The summed E-state index contributed by atoms with van der Waals surface area (Å²) in [6.07, 6.45) is 8.79. The third kappa shape index (κ3) is 3.68. The molecule has 0 saturated heterocycles. The van der Waals surface area contributed by atoms with Gasteiger partial charge in [-0.3, -0.25) is 0 Å². The largest absolute Gasteiger partial charge is 0.464 e. The van der Waals surface area contributed by atoms with Crippen molar-refractivity contribution in [2.24, 2.45) is 10.9 Å². The molecule has 1 fully saturated rings. The van der Waals surface area contributed by atoms with Gasteiger partial charge in [0.05, 0.1) is 7.11 Å². The lowest BCUT2D eigenvalue weighted by Gasteiger charge is -2.18. The van der Waals surface area contributed by atoms with Gasteiger partial charge in [0.1, 0.15) is 0 Å². The third-order valence-corrected chi connectivity index (χ3v) is 2.60. The quantitative estimate of drug-likeness (QED) is 0.309. The monoisotopic (exact) mass is 209 g/mol. The van der Waals surface area contributed by atoms with E-state index in [0.717, 1.165) is 12.8 Å². The number of rotatable bonds is 3. The van der Waals surface area contributed by atoms with Crippen LogP contribution < -0.4 is 0 Å². The van der Waals surface area contributed by atoms with Crippen LogP contribution in [0.2, 0.25) is 0 Å². The average Bonchev–Trinajstić information content (AvgIpc) is 2.29. The molecule has 0 bridgehead atoms. The topological polar surface area (TPSA) is 55.7 Å². The second-order valence-electron chi connectivity index (χ2n) is 3.64. The summed E-state index contributed by atoms with van der Waals surface area (Å²) in [5, 5.41) is 0. The summed E-state index contributed by atoms with van der Waals surface area (Å²) in [6, 6.07) is 0. The van der Waals surface area contributed by atoms with Gasteiger partial charge >= 0.3 is 5.97 Å². The molecule has 0 N–H and O–H groups in total. The highest BCUT2D eigenvalue weighted by Crippen LogP contribution is 2.25. The molecule has 1 saturated carbocycles. The standard InChI is InChI=1S/C11H15NO3/c1-15-11(14)10(12-8-13)7-9-5-3-2-4-6-9/h7,9H,2-6H2,1H3. The Morgan fingerprint density at radius 2 is 2.07 bits per heavy atom. The number of isocyanates is 1. The van der Waals surface area contributed by atoms with E-state index in [-0.39, 0.29) is 5.70 Å². The van der Waals surface area contributed by atoms with Gasteiger partial charge in [0, 0.05) is 0 Å². The Bertz CT molecular complexity index is 297. The number of carbonyl (C=O) groups is 1. The minimum absolute atomic E-state index is 0.0828. The molecular formula is C11H15NO3. The Hall–Kier alpha value is -1.41. The van der Waals surface area contributed by atoms with Crippen molar-refractivity contribution in [3.8, 4) is 0 Å². The maximum atomic E-state index is 11.2. The van der Waals surface area contributed by atoms with E-state index >= 15 is 0 Å². The molecule has 4 nitrogen and oxygen atoms in total. The zero-order valence-corrected chi connectivity index (χ0v) is 8.86. The first-order valence-electron chi connectivity index (χ1n) is 5.16. The number of aliphatic imine (C=N–C) groups is 1. The van der Waals surface area contributed by atoms with E-state index in [4.69, 9.17) is 0 Å². The van der Waals surface area contributed by atoms with Gasteiger partial charge in [0.25, 0.3) is 0 Å². The molecule has 82 valence electrons. The molecule has 0 atom stereocenters. The van der Waals surface area contributed by atoms with Crippen molar-refractivity contribution in [3.63, 3.8) is 0 Å². The van der Waals surface area contributed by atoms with E-state index in [1.54, 1.807) is 6.08 Å². The number of carbonyl (C=O) groups excluding carboxylic acids is 2. The highest BCUT2D eigenvalue weighted by atomic mass is 16.5. The van der Waals surface area contributed by atoms with Crippen molar-refractivity contribution in [3.05, 3.63) is 11.8 Å². The number of allylic oxidation sites excluding steroid dienone is 1. The van der Waals surface area contributed by atoms with Crippen LogP contribution in [0, 0.1) is 5.92 Å². The van der Waals surface area contributed by atoms with Crippen LogP contribution in [-0.2, 0) is 14.3 Å². The summed E-state index contributed by atoms with van der Waals surface area (Å²) in [5.74, 6) is -0.228. The number of methoxy groups -OCH3 is 1. The number of esters is 1. The zero-order chi connectivity index (χ0) is 11.1. The second-order valence-corrected chi connectivity index (χ2v) is 3.64. The zero-order valence-electron chi connectivity index (χ0n) is 8.86. The van der Waals surface area contributed by atoms with Crippen molar-refractivity contribution in [2.45, 2.75) is 32.1 Å². The molecule has 1 aliphatic carbocycles. The number of hydrogen-bond acceptors (Lipinski definition) is 4. The molecule has 0 aromatic heterocycles. The van der Waals surface area contributed by atoms with Gasteiger partial charge in [-0.05, 0) is 24.8 Å². The molecule has 0 amide bonds. The number of ether oxygens (including phenoxy) is 1. The van der Waals surface area contributed by atoms with Crippen LogP contribution >= 0.6 is 0 Å². The Labute approximate surface area is 89.0 Å². The van der Waals surface area contributed by atoms with Crippen LogP contribution in [0.15, 0.2) is 16.8 Å². The summed E-state index contributed by atoms with van der Waals surface area (Å²) in [6.45, 7) is 0. The van der Waals surface area contributed by atoms with Crippen molar-refractivity contribution >= 4 is 12.0 Å². The molecular weight excluding hydrogens is 194 g/mol. The average molecular weight is 209 g/mol. The highest BCUT2D eigenvalue weighted by molar-refractivity contribution is 5.88. The molecule has 0 aliphatic heterocycles. The van der Waals surface area contributed by atoms with Gasteiger partial charge in [-0.15, -0.1) is 0 Å². The number of hydrogen-bond donors (Lipinski definition) is 0. The Balaban J connectivity index is 2.72. The van der Waals surface area contributed by atoms with Crippen LogP contribution in [0.4, 0.5) is 0 Å². The molecule has 0 radical (unpaired) electrons. The first kappa shape index (κ1) is 11.7. The van der Waals surface area contributed by atoms with Crippen LogP contribution in [0.25, 0.3) is 0 Å². The molecule has 0 unspecified atom stereocenters. The van der Waals surface area contributed by atoms with Crippen molar-refractivity contribution in [1.82, 2.24) is 0 Å². The van der Waals surface area contributed by atoms with Gasteiger partial charge in [-0.1, -0.05) is 19.3 Å². The van der Waals surface area contributed by atoms with E-state index in [2.05, 4.69) is 9.73 Å². The van der Waals surface area contributed by atoms with Gasteiger partial charge in [0.2, 0.25) is 6.08 Å². The second kappa shape index (κ2) is 6.14. The highest BCUT2D eigenvalue weighted by Gasteiger charge is 2.15. The molecule has 1 aliphatic rings. The fourth-order valence-corrected chi connectivity index (χ4v) is 1.83. The van der Waals surface area contributed by atoms with Crippen LogP contribution in [0.3, 0.4) is 0 Å². The lowest BCUT2D eigenvalue weighted by atomic mass is 9.88. The maximum Gasteiger partial charge on any atom is 0.357 e. The van der Waals surface area contributed by atoms with Gasteiger partial charge in [0.15, 0.2) is 5.70 Å². The minimum Gasteiger partial charge on any atom is -0.464 e. The van der Waals surface area contributed by atoms with Crippen molar-refractivity contribution in [2.75, 3.05) is 7.11 Å². The van der Waals surface area contributed by atoms with Gasteiger partial charge < -0.3 is 4.74 Å². The normalized spacial score (nSPS) is 18.1. The first-order chi connectivity index (χ1) is 7.27. The van der Waals surface area contributed by atoms with E-state index in [9.17, 15) is 9.59 Å². The molecule has 4 heteroatoms. The van der Waals surface area contributed by atoms with Crippen LogP contribution in [0.1, 0.15) is 32.1 Å². The molecule has 15 heavy (non-hydrogen) atoms. The van der Waals surface area contributed by atoms with E-state index in [1.807, 2.05) is 0 Å². The molecule has 1 rings (SSSR count). The summed E-state index contributed by atoms with van der Waals surface area (Å²) < 4.78 is 4.53. The van der Waals surface area contributed by atoms with Gasteiger partial charge in [-0.25, -0.2) is 9.59 Å². The molecule has 0 heterocycles. The summed E-state index contributed by atoms with van der Waals surface area (Å²) >= 11 is 0. The Morgan fingerprint density at radius 3 is 2.60 bits per heavy atom. The summed E-state index contributed by atoms with van der Waals surface area (Å²) in [5.41, 5.74) is 0.0828. The van der Waals surface area contributed by atoms with E-state index in [1.165, 1.54) is 32.5 Å². The molecule has 0 aromatic rings. The first-order valence-corrected chi connectivity index (χ1v) is 5.16. The predicted octanol–water partition coefficient (Wildman–Crippen LogP) is 1.96. The smallest absolute Gasteiger partial charge is 0.357 e. The van der Waals surface area contributed by atoms with Gasteiger partial charge in [-0.2, -0.15) is 4.99 Å². The van der Waals surface area contributed by atoms with E-state index < -0.39 is 5.97 Å². The Morgan fingerprint density at radius 1 is 1.40 bits per heavy atom. The van der Waals surface area contributed by atoms with Crippen LogP contribution in [-0.4, -0.2) is 19.2 Å².